The smallest absolute Gasteiger partial charge is 0.305 e. The minimum absolute atomic E-state index is 0.00205. The third-order valence-corrected chi connectivity index (χ3v) is 4.93. The molecular weight excluding hydrogens is 346 g/mol. The normalized spacial score (nSPS) is 11.4. The summed E-state index contributed by atoms with van der Waals surface area (Å²) < 4.78 is 1.77. The molecule has 4 rings (SSSR count). The summed E-state index contributed by atoms with van der Waals surface area (Å²) in [4.78, 5) is 12.6. The number of nitrogens with zero attached hydrogens (tertiary/aromatic N) is 3. The number of carbonyl (C=O) groups excluding carboxylic acids is 1. The first-order valence-electron chi connectivity index (χ1n) is 8.08. The molecule has 26 heavy (non-hydrogen) atoms. The molecule has 1 amide bonds. The summed E-state index contributed by atoms with van der Waals surface area (Å²) in [5.41, 5.74) is 2.20. The van der Waals surface area contributed by atoms with Crippen LogP contribution in [0, 0.1) is 0 Å². The Morgan fingerprint density at radius 2 is 1.77 bits per heavy atom. The van der Waals surface area contributed by atoms with E-state index in [9.17, 15) is 9.90 Å². The molecule has 4 aromatic rings. The largest absolute Gasteiger partial charge is 0.493 e. The van der Waals surface area contributed by atoms with E-state index in [1.165, 1.54) is 11.3 Å². The third-order valence-electron chi connectivity index (χ3n) is 4.07. The number of aromatic nitrogens is 1. The van der Waals surface area contributed by atoms with E-state index in [0.717, 1.165) is 16.5 Å². The number of hydrogen-bond acceptors (Lipinski definition) is 4. The Morgan fingerprint density at radius 3 is 2.54 bits per heavy atom. The van der Waals surface area contributed by atoms with Gasteiger partial charge in [0.2, 0.25) is 5.88 Å². The van der Waals surface area contributed by atoms with Crippen molar-refractivity contribution < 1.29 is 9.90 Å². The van der Waals surface area contributed by atoms with Crippen LogP contribution >= 0.6 is 11.3 Å². The highest BCUT2D eigenvalue weighted by Crippen LogP contribution is 2.39. The van der Waals surface area contributed by atoms with E-state index < -0.39 is 5.91 Å². The number of azo groups is 1. The van der Waals surface area contributed by atoms with Gasteiger partial charge in [-0.1, -0.05) is 54.6 Å². The number of benzene rings is 2. The molecule has 0 radical (unpaired) electrons. The maximum absolute atomic E-state index is 12.1. The number of hydrogen-bond donors (Lipinski definition) is 1. The molecule has 0 saturated heterocycles. The van der Waals surface area contributed by atoms with E-state index in [2.05, 4.69) is 10.2 Å². The maximum atomic E-state index is 12.1. The minimum atomic E-state index is -0.417. The van der Waals surface area contributed by atoms with E-state index >= 15 is 0 Å². The van der Waals surface area contributed by atoms with Crippen LogP contribution in [0.5, 0.6) is 5.88 Å². The van der Waals surface area contributed by atoms with Gasteiger partial charge in [0.25, 0.3) is 0 Å². The van der Waals surface area contributed by atoms with Crippen molar-refractivity contribution >= 4 is 33.8 Å². The highest BCUT2D eigenvalue weighted by Gasteiger charge is 2.17. The van der Waals surface area contributed by atoms with Gasteiger partial charge < -0.3 is 9.67 Å². The van der Waals surface area contributed by atoms with Gasteiger partial charge in [0.05, 0.1) is 16.9 Å². The van der Waals surface area contributed by atoms with Gasteiger partial charge in [0, 0.05) is 5.39 Å². The predicted molar refractivity (Wildman–Crippen MR) is 102 cm³/mol. The lowest BCUT2D eigenvalue weighted by Crippen LogP contribution is -1.98. The fraction of sp³-hybridized carbons (Fsp3) is 0.0500. The Balaban J connectivity index is 1.75. The van der Waals surface area contributed by atoms with Gasteiger partial charge in [0.15, 0.2) is 5.69 Å². The first-order chi connectivity index (χ1) is 12.7. The Hall–Kier alpha value is -3.25. The van der Waals surface area contributed by atoms with Crippen LogP contribution < -0.4 is 0 Å². The van der Waals surface area contributed by atoms with E-state index in [0.29, 0.717) is 17.1 Å². The summed E-state index contributed by atoms with van der Waals surface area (Å²) in [7, 11) is 0. The predicted octanol–water partition coefficient (Wildman–Crippen LogP) is 5.38. The second-order valence-corrected chi connectivity index (χ2v) is 6.69. The van der Waals surface area contributed by atoms with Gasteiger partial charge in [-0.25, -0.2) is 0 Å². The molecule has 0 saturated carbocycles. The number of carbonyl (C=O) groups is 1. The van der Waals surface area contributed by atoms with Crippen LogP contribution in [-0.4, -0.2) is 15.6 Å². The van der Waals surface area contributed by atoms with Crippen LogP contribution in [-0.2, 0) is 6.54 Å². The Labute approximate surface area is 153 Å². The number of fused-ring (bicyclic) bond motifs is 1. The van der Waals surface area contributed by atoms with Crippen molar-refractivity contribution in [3.05, 3.63) is 82.6 Å². The van der Waals surface area contributed by atoms with E-state index in [1.54, 1.807) is 16.7 Å². The Kier molecular flexibility index (Phi) is 4.33. The number of aromatic hydroxyl groups is 1. The lowest BCUT2D eigenvalue weighted by molar-refractivity contribution is 0.0999. The molecule has 2 aromatic carbocycles. The zero-order valence-corrected chi connectivity index (χ0v) is 14.6. The van der Waals surface area contributed by atoms with Crippen molar-refractivity contribution in [2.45, 2.75) is 6.54 Å². The second-order valence-electron chi connectivity index (χ2n) is 5.74. The molecule has 0 aliphatic carbocycles. The van der Waals surface area contributed by atoms with Crippen LogP contribution in [0.3, 0.4) is 0 Å². The summed E-state index contributed by atoms with van der Waals surface area (Å²) in [6.45, 7) is 0.502. The standard InChI is InChI=1S/C20H15N3O2S/c24-19(17-11-6-12-26-17)22-21-18-15-9-4-5-10-16(15)23(20(18)25)13-14-7-2-1-3-8-14/h1-12,25H,13H2. The number of rotatable bonds is 4. The monoisotopic (exact) mass is 361 g/mol. The molecule has 0 aliphatic rings. The van der Waals surface area contributed by atoms with Gasteiger partial charge in [0.1, 0.15) is 0 Å². The molecule has 0 bridgehead atoms. The van der Waals surface area contributed by atoms with Gasteiger partial charge in [-0.2, -0.15) is 0 Å². The second kappa shape index (κ2) is 6.93. The first-order valence-corrected chi connectivity index (χ1v) is 8.95. The summed E-state index contributed by atoms with van der Waals surface area (Å²) in [6.07, 6.45) is 0. The van der Waals surface area contributed by atoms with Crippen molar-refractivity contribution in [2.75, 3.05) is 0 Å². The highest BCUT2D eigenvalue weighted by atomic mass is 32.1. The van der Waals surface area contributed by atoms with Crippen molar-refractivity contribution in [1.82, 2.24) is 4.57 Å². The van der Waals surface area contributed by atoms with Gasteiger partial charge >= 0.3 is 5.91 Å². The lowest BCUT2D eigenvalue weighted by Gasteiger charge is -2.06. The quantitative estimate of drug-likeness (QED) is 0.496. The summed E-state index contributed by atoms with van der Waals surface area (Å²) in [5, 5.41) is 21.1. The third kappa shape index (κ3) is 3.02. The Morgan fingerprint density at radius 1 is 1.00 bits per heavy atom. The minimum Gasteiger partial charge on any atom is -0.493 e. The number of amides is 1. The van der Waals surface area contributed by atoms with Crippen molar-refractivity contribution in [1.29, 1.82) is 0 Å². The fourth-order valence-corrected chi connectivity index (χ4v) is 3.44. The van der Waals surface area contributed by atoms with E-state index in [1.807, 2.05) is 60.0 Å². The molecule has 128 valence electrons. The van der Waals surface area contributed by atoms with Crippen LogP contribution in [0.2, 0.25) is 0 Å². The molecule has 5 nitrogen and oxygen atoms in total. The molecule has 0 atom stereocenters. The fourth-order valence-electron chi connectivity index (χ4n) is 2.84. The topological polar surface area (TPSA) is 66.9 Å². The van der Waals surface area contributed by atoms with Crippen LogP contribution in [0.25, 0.3) is 10.9 Å². The summed E-state index contributed by atoms with van der Waals surface area (Å²) >= 11 is 1.31. The number of thiophene rings is 1. The molecule has 2 aromatic heterocycles. The van der Waals surface area contributed by atoms with Gasteiger partial charge in [-0.05, 0) is 23.1 Å². The molecule has 2 heterocycles. The average Bonchev–Trinajstić information content (AvgIpc) is 3.29. The molecule has 6 heteroatoms. The summed E-state index contributed by atoms with van der Waals surface area (Å²) in [5.74, 6) is -0.419. The Bertz CT molecular complexity index is 1080. The number of para-hydroxylation sites is 1. The maximum Gasteiger partial charge on any atom is 0.305 e. The highest BCUT2D eigenvalue weighted by molar-refractivity contribution is 7.12. The van der Waals surface area contributed by atoms with Crippen LogP contribution in [0.15, 0.2) is 82.3 Å². The SMILES string of the molecule is O=C(N=Nc1c(O)n(Cc2ccccc2)c2ccccc12)c1cccs1. The summed E-state index contributed by atoms with van der Waals surface area (Å²) in [6, 6.07) is 20.9. The van der Waals surface area contributed by atoms with Crippen LogP contribution in [0.4, 0.5) is 5.69 Å². The average molecular weight is 361 g/mol. The zero-order valence-electron chi connectivity index (χ0n) is 13.7. The molecular formula is C20H15N3O2S. The van der Waals surface area contributed by atoms with Crippen LogP contribution in [0.1, 0.15) is 15.2 Å². The molecule has 1 N–H and O–H groups in total. The molecule has 0 aliphatic heterocycles. The van der Waals surface area contributed by atoms with E-state index in [-0.39, 0.29) is 5.88 Å². The molecule has 0 unspecified atom stereocenters. The van der Waals surface area contributed by atoms with Crippen molar-refractivity contribution in [2.24, 2.45) is 10.2 Å². The lowest BCUT2D eigenvalue weighted by atomic mass is 10.2. The zero-order chi connectivity index (χ0) is 17.9. The van der Waals surface area contributed by atoms with E-state index in [4.69, 9.17) is 0 Å². The van der Waals surface area contributed by atoms with Crippen molar-refractivity contribution in [3.8, 4) is 5.88 Å². The van der Waals surface area contributed by atoms with Crippen molar-refractivity contribution in [3.63, 3.8) is 0 Å². The van der Waals surface area contributed by atoms with Gasteiger partial charge in [-0.15, -0.1) is 21.6 Å². The molecule has 0 fully saturated rings. The van der Waals surface area contributed by atoms with Gasteiger partial charge in [-0.3, -0.25) is 4.79 Å². The molecule has 0 spiro atoms. The first kappa shape index (κ1) is 16.2.